The Balaban J connectivity index is 1.72. The third-order valence-electron chi connectivity index (χ3n) is 3.84. The number of aromatic nitrogens is 1. The molecule has 1 heterocycles. The molecular formula is C19H15F3N2O2. The Kier molecular flexibility index (Phi) is 4.79. The first-order valence-electron chi connectivity index (χ1n) is 7.83. The van der Waals surface area contributed by atoms with E-state index in [1.54, 1.807) is 0 Å². The predicted octanol–water partition coefficient (Wildman–Crippen LogP) is 4.85. The molecule has 3 rings (SSSR count). The number of carbonyl (C=O) groups excluding carboxylic acids is 1. The lowest BCUT2D eigenvalue weighted by molar-refractivity contribution is -0.137. The second-order valence-corrected chi connectivity index (χ2v) is 5.72. The van der Waals surface area contributed by atoms with E-state index in [4.69, 9.17) is 4.42 Å². The van der Waals surface area contributed by atoms with Crippen molar-refractivity contribution < 1.29 is 22.4 Å². The Hall–Kier alpha value is -3.09. The molecule has 1 atom stereocenters. The zero-order valence-electron chi connectivity index (χ0n) is 13.7. The van der Waals surface area contributed by atoms with Crippen molar-refractivity contribution in [3.05, 3.63) is 77.7 Å². The van der Waals surface area contributed by atoms with Crippen LogP contribution < -0.4 is 5.32 Å². The fourth-order valence-corrected chi connectivity index (χ4v) is 2.41. The van der Waals surface area contributed by atoms with Crippen LogP contribution in [0.2, 0.25) is 0 Å². The number of benzene rings is 2. The van der Waals surface area contributed by atoms with Crippen LogP contribution in [0.25, 0.3) is 11.5 Å². The number of nitrogens with zero attached hydrogens (tertiary/aromatic N) is 1. The summed E-state index contributed by atoms with van der Waals surface area (Å²) >= 11 is 0. The van der Waals surface area contributed by atoms with Gasteiger partial charge in [-0.3, -0.25) is 4.79 Å². The summed E-state index contributed by atoms with van der Waals surface area (Å²) in [6.07, 6.45) is -3.23. The molecule has 0 fully saturated rings. The summed E-state index contributed by atoms with van der Waals surface area (Å²) in [5.74, 6) is -0.348. The van der Waals surface area contributed by atoms with Gasteiger partial charge in [0.05, 0.1) is 11.6 Å². The van der Waals surface area contributed by atoms with Gasteiger partial charge < -0.3 is 9.73 Å². The minimum Gasteiger partial charge on any atom is -0.444 e. The Morgan fingerprint density at radius 1 is 1.08 bits per heavy atom. The number of oxazole rings is 1. The molecule has 2 aromatic carbocycles. The first-order valence-corrected chi connectivity index (χ1v) is 7.83. The first kappa shape index (κ1) is 17.7. The van der Waals surface area contributed by atoms with Gasteiger partial charge in [0.1, 0.15) is 6.26 Å². The monoisotopic (exact) mass is 360 g/mol. The van der Waals surface area contributed by atoms with E-state index in [9.17, 15) is 18.0 Å². The number of nitrogens with one attached hydrogen (secondary N) is 1. The molecule has 0 bridgehead atoms. The second-order valence-electron chi connectivity index (χ2n) is 5.72. The molecule has 0 aliphatic rings. The van der Waals surface area contributed by atoms with Crippen LogP contribution in [0, 0.1) is 0 Å². The lowest BCUT2D eigenvalue weighted by Gasteiger charge is -2.12. The van der Waals surface area contributed by atoms with E-state index in [0.29, 0.717) is 5.56 Å². The minimum absolute atomic E-state index is 0.0580. The fourth-order valence-electron chi connectivity index (χ4n) is 2.41. The molecule has 0 aliphatic heterocycles. The maximum absolute atomic E-state index is 12.6. The van der Waals surface area contributed by atoms with Gasteiger partial charge in [0.15, 0.2) is 5.69 Å². The molecule has 4 nitrogen and oxygen atoms in total. The number of rotatable bonds is 4. The van der Waals surface area contributed by atoms with E-state index < -0.39 is 17.6 Å². The molecule has 0 radical (unpaired) electrons. The summed E-state index contributed by atoms with van der Waals surface area (Å²) < 4.78 is 43.0. The molecule has 1 unspecified atom stereocenters. The number of carbonyl (C=O) groups is 1. The Labute approximate surface area is 147 Å². The van der Waals surface area contributed by atoms with Gasteiger partial charge in [-0.25, -0.2) is 4.98 Å². The summed E-state index contributed by atoms with van der Waals surface area (Å²) in [6, 6.07) is 13.6. The molecule has 3 aromatic rings. The largest absolute Gasteiger partial charge is 0.444 e. The van der Waals surface area contributed by atoms with E-state index in [-0.39, 0.29) is 17.6 Å². The highest BCUT2D eigenvalue weighted by molar-refractivity contribution is 5.92. The van der Waals surface area contributed by atoms with Crippen LogP contribution in [0.4, 0.5) is 13.2 Å². The Bertz CT molecular complexity index is 887. The standard InChI is InChI=1S/C19H15F3N2O2/c1-12(13-5-3-2-4-6-13)23-17(25)16-11-26-18(24-16)14-7-9-15(10-8-14)19(20,21)22/h2-12H,1H3,(H,23,25). The summed E-state index contributed by atoms with van der Waals surface area (Å²) in [7, 11) is 0. The molecule has 0 spiro atoms. The summed E-state index contributed by atoms with van der Waals surface area (Å²) in [4.78, 5) is 16.3. The number of alkyl halides is 3. The zero-order valence-corrected chi connectivity index (χ0v) is 13.7. The van der Waals surface area contributed by atoms with E-state index in [1.165, 1.54) is 18.4 Å². The van der Waals surface area contributed by atoms with Crippen molar-refractivity contribution in [1.82, 2.24) is 10.3 Å². The predicted molar refractivity (Wildman–Crippen MR) is 89.3 cm³/mol. The number of hydrogen-bond donors (Lipinski definition) is 1. The Morgan fingerprint density at radius 3 is 2.35 bits per heavy atom. The molecule has 0 aliphatic carbocycles. The first-order chi connectivity index (χ1) is 12.3. The van der Waals surface area contributed by atoms with Crippen LogP contribution in [-0.4, -0.2) is 10.9 Å². The quantitative estimate of drug-likeness (QED) is 0.723. The summed E-state index contributed by atoms with van der Waals surface area (Å²) in [5.41, 5.74) is 0.589. The van der Waals surface area contributed by atoms with Gasteiger partial charge in [-0.2, -0.15) is 13.2 Å². The van der Waals surface area contributed by atoms with Crippen LogP contribution in [0.1, 0.15) is 34.6 Å². The molecule has 1 aromatic heterocycles. The lowest BCUT2D eigenvalue weighted by atomic mass is 10.1. The van der Waals surface area contributed by atoms with Crippen LogP contribution >= 0.6 is 0 Å². The molecule has 26 heavy (non-hydrogen) atoms. The maximum Gasteiger partial charge on any atom is 0.416 e. The maximum atomic E-state index is 12.6. The molecule has 0 saturated heterocycles. The topological polar surface area (TPSA) is 55.1 Å². The number of halogens is 3. The van der Waals surface area contributed by atoms with Crippen molar-refractivity contribution >= 4 is 5.91 Å². The third-order valence-corrected chi connectivity index (χ3v) is 3.84. The van der Waals surface area contributed by atoms with Crippen molar-refractivity contribution in [1.29, 1.82) is 0 Å². The van der Waals surface area contributed by atoms with Crippen molar-refractivity contribution in [3.63, 3.8) is 0 Å². The highest BCUT2D eigenvalue weighted by Crippen LogP contribution is 2.30. The van der Waals surface area contributed by atoms with E-state index in [0.717, 1.165) is 17.7 Å². The molecule has 1 N–H and O–H groups in total. The van der Waals surface area contributed by atoms with Crippen molar-refractivity contribution in [2.45, 2.75) is 19.1 Å². The van der Waals surface area contributed by atoms with Gasteiger partial charge in [0, 0.05) is 5.56 Å². The second kappa shape index (κ2) is 7.03. The fraction of sp³-hybridized carbons (Fsp3) is 0.158. The lowest BCUT2D eigenvalue weighted by Crippen LogP contribution is -2.26. The van der Waals surface area contributed by atoms with Crippen LogP contribution in [0.15, 0.2) is 65.3 Å². The summed E-state index contributed by atoms with van der Waals surface area (Å²) in [6.45, 7) is 1.84. The van der Waals surface area contributed by atoms with E-state index in [2.05, 4.69) is 10.3 Å². The molecule has 1 amide bonds. The van der Waals surface area contributed by atoms with Gasteiger partial charge in [0.25, 0.3) is 5.91 Å². The summed E-state index contributed by atoms with van der Waals surface area (Å²) in [5, 5.41) is 2.80. The Morgan fingerprint density at radius 2 is 1.73 bits per heavy atom. The van der Waals surface area contributed by atoms with Crippen LogP contribution in [0.5, 0.6) is 0 Å². The van der Waals surface area contributed by atoms with Crippen LogP contribution in [0.3, 0.4) is 0 Å². The smallest absolute Gasteiger partial charge is 0.416 e. The van der Waals surface area contributed by atoms with Gasteiger partial charge >= 0.3 is 6.18 Å². The SMILES string of the molecule is CC(NC(=O)c1coc(-c2ccc(C(F)(F)F)cc2)n1)c1ccccc1. The van der Waals surface area contributed by atoms with Crippen molar-refractivity contribution in [2.75, 3.05) is 0 Å². The van der Waals surface area contributed by atoms with Gasteiger partial charge in [-0.15, -0.1) is 0 Å². The molecular weight excluding hydrogens is 345 g/mol. The average Bonchev–Trinajstić information content (AvgIpc) is 3.12. The number of hydrogen-bond acceptors (Lipinski definition) is 3. The molecule has 134 valence electrons. The minimum atomic E-state index is -4.41. The van der Waals surface area contributed by atoms with E-state index in [1.807, 2.05) is 37.3 Å². The highest BCUT2D eigenvalue weighted by atomic mass is 19.4. The van der Waals surface area contributed by atoms with Gasteiger partial charge in [-0.1, -0.05) is 30.3 Å². The number of amides is 1. The zero-order chi connectivity index (χ0) is 18.7. The molecule has 0 saturated carbocycles. The van der Waals surface area contributed by atoms with Gasteiger partial charge in [0.2, 0.25) is 5.89 Å². The third kappa shape index (κ3) is 3.93. The highest BCUT2D eigenvalue weighted by Gasteiger charge is 2.30. The normalized spacial score (nSPS) is 12.6. The van der Waals surface area contributed by atoms with Gasteiger partial charge in [-0.05, 0) is 36.8 Å². The van der Waals surface area contributed by atoms with E-state index >= 15 is 0 Å². The average molecular weight is 360 g/mol. The van der Waals surface area contributed by atoms with Crippen molar-refractivity contribution in [2.24, 2.45) is 0 Å². The molecule has 7 heteroatoms. The van der Waals surface area contributed by atoms with Crippen LogP contribution in [-0.2, 0) is 6.18 Å². The van der Waals surface area contributed by atoms with Crippen molar-refractivity contribution in [3.8, 4) is 11.5 Å².